The lowest BCUT2D eigenvalue weighted by atomic mass is 10.1. The van der Waals surface area contributed by atoms with E-state index in [9.17, 15) is 13.2 Å². The van der Waals surface area contributed by atoms with Crippen LogP contribution in [0.25, 0.3) is 10.2 Å². The van der Waals surface area contributed by atoms with Crippen molar-refractivity contribution in [3.63, 3.8) is 0 Å². The number of sulfone groups is 1. The highest BCUT2D eigenvalue weighted by atomic mass is 32.2. The summed E-state index contributed by atoms with van der Waals surface area (Å²) < 4.78 is 32.0. The molecule has 2 heterocycles. The minimum absolute atomic E-state index is 0.0539. The van der Waals surface area contributed by atoms with Gasteiger partial charge in [-0.1, -0.05) is 29.0 Å². The Morgan fingerprint density at radius 1 is 1.06 bits per heavy atom. The molecule has 1 fully saturated rings. The molecule has 2 aromatic carbocycles. The number of amides is 1. The fourth-order valence-electron chi connectivity index (χ4n) is 4.30. The van der Waals surface area contributed by atoms with Crippen molar-refractivity contribution in [2.24, 2.45) is 0 Å². The number of anilines is 1. The van der Waals surface area contributed by atoms with Crippen molar-refractivity contribution in [3.8, 4) is 0 Å². The highest BCUT2D eigenvalue weighted by molar-refractivity contribution is 7.91. The Labute approximate surface area is 218 Å². The number of hydrogen-bond acceptors (Lipinski definition) is 7. The van der Waals surface area contributed by atoms with Gasteiger partial charge in [0, 0.05) is 32.6 Å². The Kier molecular flexibility index (Phi) is 8.77. The first kappa shape index (κ1) is 26.7. The molecule has 0 aliphatic carbocycles. The summed E-state index contributed by atoms with van der Waals surface area (Å²) in [6, 6.07) is 11.0. The molecule has 0 atom stereocenters. The first-order valence-electron chi connectivity index (χ1n) is 12.5. The molecule has 0 unspecified atom stereocenters. The predicted molar refractivity (Wildman–Crippen MR) is 146 cm³/mol. The summed E-state index contributed by atoms with van der Waals surface area (Å²) in [6.45, 7) is 10.8. The lowest BCUT2D eigenvalue weighted by Gasteiger charge is -2.27. The minimum Gasteiger partial charge on any atom is -0.379 e. The molecule has 1 aromatic heterocycles. The van der Waals surface area contributed by atoms with E-state index in [4.69, 9.17) is 9.72 Å². The quantitative estimate of drug-likeness (QED) is 0.384. The van der Waals surface area contributed by atoms with Crippen molar-refractivity contribution in [2.45, 2.75) is 44.9 Å². The zero-order chi connectivity index (χ0) is 25.7. The molecule has 7 nitrogen and oxygen atoms in total. The second-order valence-electron chi connectivity index (χ2n) is 9.49. The van der Waals surface area contributed by atoms with Crippen LogP contribution in [0.15, 0.2) is 41.3 Å². The Hall–Kier alpha value is -2.33. The standard InChI is InChI=1S/C27H35N3O4S2/c1-20-7-9-23(10-8-20)36(32,33)17-4-6-26(31)30(12-5-11-29-13-15-34-16-14-29)27-28-24-18-21(2)22(3)19-25(24)35-27/h7-10,18-19H,4-6,11-17H2,1-3H3. The summed E-state index contributed by atoms with van der Waals surface area (Å²) in [7, 11) is -3.43. The van der Waals surface area contributed by atoms with E-state index in [2.05, 4.69) is 30.9 Å². The summed E-state index contributed by atoms with van der Waals surface area (Å²) in [5.74, 6) is -0.134. The number of carbonyl (C=O) groups excluding carboxylic acids is 1. The molecule has 1 saturated heterocycles. The van der Waals surface area contributed by atoms with Gasteiger partial charge in [-0.3, -0.25) is 14.6 Å². The van der Waals surface area contributed by atoms with Crippen LogP contribution in [-0.4, -0.2) is 69.4 Å². The molecule has 0 N–H and O–H groups in total. The second-order valence-corrected chi connectivity index (χ2v) is 12.6. The van der Waals surface area contributed by atoms with Crippen LogP contribution in [0.2, 0.25) is 0 Å². The third-order valence-electron chi connectivity index (χ3n) is 6.67. The van der Waals surface area contributed by atoms with Gasteiger partial charge in [0.15, 0.2) is 15.0 Å². The van der Waals surface area contributed by atoms with E-state index in [1.54, 1.807) is 29.2 Å². The average Bonchev–Trinajstić information content (AvgIpc) is 3.25. The molecule has 194 valence electrons. The molecule has 9 heteroatoms. The number of rotatable bonds is 10. The van der Waals surface area contributed by atoms with Crippen LogP contribution in [0.4, 0.5) is 5.13 Å². The molecular weight excluding hydrogens is 494 g/mol. The largest absolute Gasteiger partial charge is 0.379 e. The van der Waals surface area contributed by atoms with E-state index in [1.165, 1.54) is 22.5 Å². The number of nitrogens with zero attached hydrogens (tertiary/aromatic N) is 3. The number of thiazole rings is 1. The summed E-state index contributed by atoms with van der Waals surface area (Å²) >= 11 is 1.52. The molecule has 0 bridgehead atoms. The van der Waals surface area contributed by atoms with Crippen LogP contribution in [0.3, 0.4) is 0 Å². The number of carbonyl (C=O) groups is 1. The van der Waals surface area contributed by atoms with Gasteiger partial charge in [0.05, 0.1) is 34.1 Å². The van der Waals surface area contributed by atoms with Crippen molar-refractivity contribution in [2.75, 3.05) is 50.0 Å². The van der Waals surface area contributed by atoms with Crippen LogP contribution >= 0.6 is 11.3 Å². The molecular formula is C27H35N3O4S2. The van der Waals surface area contributed by atoms with Crippen LogP contribution in [0, 0.1) is 20.8 Å². The van der Waals surface area contributed by atoms with Crippen molar-refractivity contribution in [1.29, 1.82) is 0 Å². The lowest BCUT2D eigenvalue weighted by Crippen LogP contribution is -2.39. The smallest absolute Gasteiger partial charge is 0.228 e. The first-order chi connectivity index (χ1) is 17.2. The SMILES string of the molecule is Cc1ccc(S(=O)(=O)CCCC(=O)N(CCCN2CCOCC2)c2nc3cc(C)c(C)cc3s2)cc1. The van der Waals surface area contributed by atoms with Crippen LogP contribution in [0.5, 0.6) is 0 Å². The maximum absolute atomic E-state index is 13.4. The van der Waals surface area contributed by atoms with Gasteiger partial charge in [0.1, 0.15) is 0 Å². The van der Waals surface area contributed by atoms with Crippen molar-refractivity contribution >= 4 is 42.4 Å². The van der Waals surface area contributed by atoms with Crippen molar-refractivity contribution in [3.05, 3.63) is 53.1 Å². The molecule has 3 aromatic rings. The highest BCUT2D eigenvalue weighted by Crippen LogP contribution is 2.31. The molecule has 0 saturated carbocycles. The highest BCUT2D eigenvalue weighted by Gasteiger charge is 2.22. The Morgan fingerprint density at radius 2 is 1.75 bits per heavy atom. The number of ether oxygens (including phenoxy) is 1. The maximum Gasteiger partial charge on any atom is 0.228 e. The Balaban J connectivity index is 1.45. The van der Waals surface area contributed by atoms with Gasteiger partial charge in [-0.05, 0) is 69.0 Å². The molecule has 1 aliphatic rings. The predicted octanol–water partition coefficient (Wildman–Crippen LogP) is 4.53. The zero-order valence-corrected chi connectivity index (χ0v) is 23.0. The third-order valence-corrected chi connectivity index (χ3v) is 9.53. The zero-order valence-electron chi connectivity index (χ0n) is 21.3. The number of benzene rings is 2. The maximum atomic E-state index is 13.4. The van der Waals surface area contributed by atoms with Crippen molar-refractivity contribution < 1.29 is 17.9 Å². The fourth-order valence-corrected chi connectivity index (χ4v) is 6.70. The van der Waals surface area contributed by atoms with Crippen LogP contribution < -0.4 is 4.90 Å². The molecule has 36 heavy (non-hydrogen) atoms. The number of fused-ring (bicyclic) bond motifs is 1. The van der Waals surface area contributed by atoms with Gasteiger partial charge < -0.3 is 4.74 Å². The van der Waals surface area contributed by atoms with E-state index < -0.39 is 9.84 Å². The molecule has 4 rings (SSSR count). The lowest BCUT2D eigenvalue weighted by molar-refractivity contribution is -0.118. The van der Waals surface area contributed by atoms with Crippen LogP contribution in [0.1, 0.15) is 36.0 Å². The molecule has 0 spiro atoms. The summed E-state index contributed by atoms with van der Waals surface area (Å²) in [4.78, 5) is 22.6. The van der Waals surface area contributed by atoms with E-state index in [0.717, 1.165) is 55.0 Å². The van der Waals surface area contributed by atoms with E-state index in [-0.39, 0.29) is 24.5 Å². The topological polar surface area (TPSA) is 79.8 Å². The molecule has 0 radical (unpaired) electrons. The van der Waals surface area contributed by atoms with Gasteiger partial charge in [-0.25, -0.2) is 13.4 Å². The van der Waals surface area contributed by atoms with Gasteiger partial charge in [0.2, 0.25) is 5.91 Å². The van der Waals surface area contributed by atoms with Gasteiger partial charge in [0.25, 0.3) is 0 Å². The molecule has 1 amide bonds. The second kappa shape index (κ2) is 11.8. The number of morpholine rings is 1. The first-order valence-corrected chi connectivity index (χ1v) is 15.0. The number of aryl methyl sites for hydroxylation is 3. The summed E-state index contributed by atoms with van der Waals surface area (Å²) in [5, 5.41) is 0.684. The normalized spacial score (nSPS) is 14.9. The van der Waals surface area contributed by atoms with Gasteiger partial charge >= 0.3 is 0 Å². The third kappa shape index (κ3) is 6.70. The average molecular weight is 530 g/mol. The summed E-state index contributed by atoms with van der Waals surface area (Å²) in [6.07, 6.45) is 1.26. The van der Waals surface area contributed by atoms with E-state index in [0.29, 0.717) is 16.6 Å². The van der Waals surface area contributed by atoms with Crippen LogP contribution in [-0.2, 0) is 19.4 Å². The fraction of sp³-hybridized carbons (Fsp3) is 0.481. The van der Waals surface area contributed by atoms with E-state index in [1.807, 2.05) is 6.92 Å². The number of aromatic nitrogens is 1. The minimum atomic E-state index is -3.43. The Morgan fingerprint density at radius 3 is 2.47 bits per heavy atom. The van der Waals surface area contributed by atoms with Crippen molar-refractivity contribution in [1.82, 2.24) is 9.88 Å². The summed E-state index contributed by atoms with van der Waals surface area (Å²) in [5.41, 5.74) is 4.28. The number of hydrogen-bond donors (Lipinski definition) is 0. The van der Waals surface area contributed by atoms with Gasteiger partial charge in [-0.2, -0.15) is 0 Å². The Bertz CT molecular complexity index is 1260. The molecule has 1 aliphatic heterocycles. The van der Waals surface area contributed by atoms with E-state index >= 15 is 0 Å². The monoisotopic (exact) mass is 529 g/mol. The van der Waals surface area contributed by atoms with Gasteiger partial charge in [-0.15, -0.1) is 0 Å².